The molecule has 0 amide bonds. The van der Waals surface area contributed by atoms with Gasteiger partial charge in [0.2, 0.25) is 0 Å². The zero-order valence-electron chi connectivity index (χ0n) is 8.46. The zero-order chi connectivity index (χ0) is 10.3. The Kier molecular flexibility index (Phi) is 1.78. The van der Waals surface area contributed by atoms with Crippen LogP contribution in [-0.2, 0) is 6.42 Å². The number of rotatable bonds is 0. The van der Waals surface area contributed by atoms with E-state index >= 15 is 0 Å². The molecule has 1 N–H and O–H groups in total. The first-order chi connectivity index (χ1) is 7.38. The molecule has 1 heterocycles. The van der Waals surface area contributed by atoms with Crippen LogP contribution in [0, 0.1) is 17.2 Å². The molecular formula is C13H12N2. The van der Waals surface area contributed by atoms with Crippen molar-refractivity contribution >= 4 is 5.69 Å². The second-order valence-electron chi connectivity index (χ2n) is 4.23. The summed E-state index contributed by atoms with van der Waals surface area (Å²) in [7, 11) is 0. The van der Waals surface area contributed by atoms with Crippen LogP contribution in [-0.4, -0.2) is 0 Å². The lowest BCUT2D eigenvalue weighted by Crippen LogP contribution is -2.18. The molecule has 2 nitrogen and oxygen atoms in total. The Morgan fingerprint density at radius 3 is 3.07 bits per heavy atom. The van der Waals surface area contributed by atoms with E-state index in [2.05, 4.69) is 29.6 Å². The molecule has 2 heteroatoms. The Hall–Kier alpha value is -1.75. The van der Waals surface area contributed by atoms with Gasteiger partial charge < -0.3 is 5.32 Å². The Balaban J connectivity index is 2.06. The Bertz CT molecular complexity index is 480. The molecule has 0 aromatic heterocycles. The third-order valence-electron chi connectivity index (χ3n) is 3.36. The number of hydrogen-bond donors (Lipinski definition) is 1. The number of benzene rings is 1. The summed E-state index contributed by atoms with van der Waals surface area (Å²) in [6.45, 7) is 0. The Morgan fingerprint density at radius 2 is 2.20 bits per heavy atom. The van der Waals surface area contributed by atoms with E-state index in [1.807, 2.05) is 6.07 Å². The van der Waals surface area contributed by atoms with Crippen LogP contribution in [0.3, 0.4) is 0 Å². The average Bonchev–Trinajstić information content (AvgIpc) is 2.68. The van der Waals surface area contributed by atoms with Gasteiger partial charge in [-0.1, -0.05) is 18.2 Å². The number of nitrogens with one attached hydrogen (secondary N) is 1. The topological polar surface area (TPSA) is 35.8 Å². The van der Waals surface area contributed by atoms with Crippen molar-refractivity contribution in [3.63, 3.8) is 0 Å². The highest BCUT2D eigenvalue weighted by Gasteiger charge is 2.30. The van der Waals surface area contributed by atoms with Gasteiger partial charge in [0.1, 0.15) is 0 Å². The first kappa shape index (κ1) is 8.55. The second-order valence-corrected chi connectivity index (χ2v) is 4.23. The monoisotopic (exact) mass is 196 g/mol. The van der Waals surface area contributed by atoms with Gasteiger partial charge in [0.15, 0.2) is 0 Å². The van der Waals surface area contributed by atoms with E-state index in [0.717, 1.165) is 24.8 Å². The van der Waals surface area contributed by atoms with E-state index in [4.69, 9.17) is 5.26 Å². The molecule has 0 radical (unpaired) electrons. The molecular weight excluding hydrogens is 184 g/mol. The van der Waals surface area contributed by atoms with Crippen molar-refractivity contribution in [3.8, 4) is 6.07 Å². The minimum atomic E-state index is 0.551. The maximum absolute atomic E-state index is 9.01. The van der Waals surface area contributed by atoms with E-state index in [0.29, 0.717) is 5.92 Å². The standard InChI is InChI=1S/C13H12N2/c14-8-11-6-5-10-7-9-3-1-2-4-12(9)15-13(10)11/h1-4,10,15H,5-7H2. The maximum atomic E-state index is 9.01. The average molecular weight is 196 g/mol. The van der Waals surface area contributed by atoms with Gasteiger partial charge in [0, 0.05) is 22.9 Å². The summed E-state index contributed by atoms with van der Waals surface area (Å²) in [5, 5.41) is 12.4. The summed E-state index contributed by atoms with van der Waals surface area (Å²) in [6, 6.07) is 10.7. The molecule has 3 rings (SSSR count). The second kappa shape index (κ2) is 3.13. The summed E-state index contributed by atoms with van der Waals surface area (Å²) in [4.78, 5) is 0. The van der Waals surface area contributed by atoms with Crippen LogP contribution in [0.2, 0.25) is 0 Å². The first-order valence-corrected chi connectivity index (χ1v) is 5.36. The fourth-order valence-corrected chi connectivity index (χ4v) is 2.57. The smallest absolute Gasteiger partial charge is 0.0965 e. The van der Waals surface area contributed by atoms with E-state index < -0.39 is 0 Å². The zero-order valence-corrected chi connectivity index (χ0v) is 8.46. The minimum Gasteiger partial charge on any atom is -0.358 e. The van der Waals surface area contributed by atoms with Crippen molar-refractivity contribution in [3.05, 3.63) is 41.1 Å². The van der Waals surface area contributed by atoms with Gasteiger partial charge in [0.05, 0.1) is 6.07 Å². The molecule has 1 aromatic rings. The molecule has 1 aliphatic carbocycles. The van der Waals surface area contributed by atoms with Crippen molar-refractivity contribution in [2.24, 2.45) is 5.92 Å². The number of nitriles is 1. The summed E-state index contributed by atoms with van der Waals surface area (Å²) in [5.41, 5.74) is 4.69. The largest absolute Gasteiger partial charge is 0.358 e. The molecule has 2 aliphatic rings. The van der Waals surface area contributed by atoms with Gasteiger partial charge in [-0.25, -0.2) is 0 Å². The van der Waals surface area contributed by atoms with Gasteiger partial charge in [-0.05, 0) is 30.9 Å². The van der Waals surface area contributed by atoms with Crippen molar-refractivity contribution < 1.29 is 0 Å². The quantitative estimate of drug-likeness (QED) is 0.692. The first-order valence-electron chi connectivity index (χ1n) is 5.36. The third-order valence-corrected chi connectivity index (χ3v) is 3.36. The summed E-state index contributed by atoms with van der Waals surface area (Å²) in [5.74, 6) is 0.551. The number of hydrogen-bond acceptors (Lipinski definition) is 2. The molecule has 1 atom stereocenters. The van der Waals surface area contributed by atoms with E-state index in [1.54, 1.807) is 0 Å². The minimum absolute atomic E-state index is 0.551. The van der Waals surface area contributed by atoms with Crippen LogP contribution < -0.4 is 5.32 Å². The number of fused-ring (bicyclic) bond motifs is 2. The number of nitrogens with zero attached hydrogens (tertiary/aromatic N) is 1. The molecule has 0 bridgehead atoms. The van der Waals surface area contributed by atoms with Crippen molar-refractivity contribution in [2.45, 2.75) is 19.3 Å². The molecule has 0 saturated carbocycles. The van der Waals surface area contributed by atoms with E-state index in [-0.39, 0.29) is 0 Å². The third kappa shape index (κ3) is 1.24. The van der Waals surface area contributed by atoms with Crippen LogP contribution in [0.1, 0.15) is 18.4 Å². The SMILES string of the molecule is N#CC1=C2Nc3ccccc3CC2CC1. The fourth-order valence-electron chi connectivity index (χ4n) is 2.57. The predicted octanol–water partition coefficient (Wildman–Crippen LogP) is 2.84. The van der Waals surface area contributed by atoms with E-state index in [1.165, 1.54) is 16.9 Å². The summed E-state index contributed by atoms with van der Waals surface area (Å²) in [6.07, 6.45) is 3.15. The fraction of sp³-hybridized carbons (Fsp3) is 0.308. The highest BCUT2D eigenvalue weighted by atomic mass is 14.9. The lowest BCUT2D eigenvalue weighted by Gasteiger charge is -2.25. The van der Waals surface area contributed by atoms with Crippen LogP contribution in [0.25, 0.3) is 0 Å². The van der Waals surface area contributed by atoms with Crippen LogP contribution in [0.15, 0.2) is 35.5 Å². The summed E-state index contributed by atoms with van der Waals surface area (Å²) >= 11 is 0. The van der Waals surface area contributed by atoms with Crippen LogP contribution >= 0.6 is 0 Å². The van der Waals surface area contributed by atoms with Gasteiger partial charge in [-0.3, -0.25) is 0 Å². The highest BCUT2D eigenvalue weighted by Crippen LogP contribution is 2.39. The summed E-state index contributed by atoms with van der Waals surface area (Å²) < 4.78 is 0. The molecule has 1 unspecified atom stereocenters. The Morgan fingerprint density at radius 1 is 1.33 bits per heavy atom. The van der Waals surface area contributed by atoms with Crippen LogP contribution in [0.4, 0.5) is 5.69 Å². The van der Waals surface area contributed by atoms with Crippen molar-refractivity contribution in [1.29, 1.82) is 5.26 Å². The number of anilines is 1. The normalized spacial score (nSPS) is 22.7. The Labute approximate surface area is 89.2 Å². The number of para-hydroxylation sites is 1. The van der Waals surface area contributed by atoms with Crippen molar-refractivity contribution in [1.82, 2.24) is 0 Å². The lowest BCUT2D eigenvalue weighted by atomic mass is 9.92. The van der Waals surface area contributed by atoms with Gasteiger partial charge in [-0.15, -0.1) is 0 Å². The van der Waals surface area contributed by atoms with Gasteiger partial charge in [-0.2, -0.15) is 5.26 Å². The van der Waals surface area contributed by atoms with Crippen molar-refractivity contribution in [2.75, 3.05) is 5.32 Å². The highest BCUT2D eigenvalue weighted by molar-refractivity contribution is 5.61. The van der Waals surface area contributed by atoms with Crippen LogP contribution in [0.5, 0.6) is 0 Å². The van der Waals surface area contributed by atoms with E-state index in [9.17, 15) is 0 Å². The molecule has 15 heavy (non-hydrogen) atoms. The van der Waals surface area contributed by atoms with Gasteiger partial charge >= 0.3 is 0 Å². The molecule has 0 spiro atoms. The predicted molar refractivity (Wildman–Crippen MR) is 59.1 cm³/mol. The molecule has 0 saturated heterocycles. The van der Waals surface area contributed by atoms with Gasteiger partial charge in [0.25, 0.3) is 0 Å². The molecule has 1 aromatic carbocycles. The molecule has 0 fully saturated rings. The molecule has 1 aliphatic heterocycles. The number of allylic oxidation sites excluding steroid dienone is 2. The maximum Gasteiger partial charge on any atom is 0.0965 e. The lowest BCUT2D eigenvalue weighted by molar-refractivity contribution is 0.594. The molecule has 74 valence electrons.